The van der Waals surface area contributed by atoms with Gasteiger partial charge in [0.2, 0.25) is 5.91 Å². The van der Waals surface area contributed by atoms with E-state index in [0.717, 1.165) is 19.0 Å². The van der Waals surface area contributed by atoms with Gasteiger partial charge in [0, 0.05) is 12.8 Å². The molecule has 1 unspecified atom stereocenters. The predicted octanol–water partition coefficient (Wildman–Crippen LogP) is 1.05. The zero-order valence-electron chi connectivity index (χ0n) is 13.5. The van der Waals surface area contributed by atoms with Crippen LogP contribution in [0.1, 0.15) is 6.42 Å². The Kier molecular flexibility index (Phi) is 5.75. The van der Waals surface area contributed by atoms with Crippen LogP contribution >= 0.6 is 0 Å². The van der Waals surface area contributed by atoms with Gasteiger partial charge in [-0.3, -0.25) is 19.9 Å². The maximum absolute atomic E-state index is 13.9. The van der Waals surface area contributed by atoms with Crippen molar-refractivity contribution in [2.45, 2.75) is 6.42 Å². The molecule has 128 valence electrons. The summed E-state index contributed by atoms with van der Waals surface area (Å²) in [6.07, 6.45) is 1.98. The summed E-state index contributed by atoms with van der Waals surface area (Å²) in [7, 11) is 3.86. The van der Waals surface area contributed by atoms with Crippen molar-refractivity contribution in [2.75, 3.05) is 32.1 Å². The number of urea groups is 1. The van der Waals surface area contributed by atoms with Gasteiger partial charge in [-0.25, -0.2) is 14.1 Å². The molecule has 1 aliphatic heterocycles. The molecule has 1 N–H and O–H groups in total. The number of barbiturate groups is 1. The number of rotatable bonds is 6. The maximum atomic E-state index is 13.9. The number of carbonyl (C=O) groups excluding carboxylic acids is 3. The first-order valence-electron chi connectivity index (χ1n) is 7.50. The van der Waals surface area contributed by atoms with Gasteiger partial charge in [0.15, 0.2) is 5.92 Å². The Bertz CT molecular complexity index is 675. The molecule has 0 saturated carbocycles. The van der Waals surface area contributed by atoms with Crippen molar-refractivity contribution in [1.82, 2.24) is 10.2 Å². The molecule has 0 radical (unpaired) electrons. The van der Waals surface area contributed by atoms with Gasteiger partial charge < -0.3 is 4.90 Å². The van der Waals surface area contributed by atoms with Gasteiger partial charge in [0.05, 0.1) is 5.69 Å². The SMILES string of the molecule is CN(C)CCCN=CC1C(=O)NC(=O)N(c2ccccc2F)C1=O. The lowest BCUT2D eigenvalue weighted by atomic mass is 10.1. The molecule has 4 amide bonds. The zero-order valence-corrected chi connectivity index (χ0v) is 13.5. The summed E-state index contributed by atoms with van der Waals surface area (Å²) in [6, 6.07) is 4.41. The Balaban J connectivity index is 2.14. The van der Waals surface area contributed by atoms with Crippen molar-refractivity contribution in [2.24, 2.45) is 10.9 Å². The highest BCUT2D eigenvalue weighted by Crippen LogP contribution is 2.23. The lowest BCUT2D eigenvalue weighted by Crippen LogP contribution is -2.58. The van der Waals surface area contributed by atoms with Crippen molar-refractivity contribution in [1.29, 1.82) is 0 Å². The van der Waals surface area contributed by atoms with Crippen molar-refractivity contribution < 1.29 is 18.8 Å². The number of halogens is 1. The minimum Gasteiger partial charge on any atom is -0.309 e. The van der Waals surface area contributed by atoms with E-state index < -0.39 is 29.6 Å². The molecule has 1 aromatic carbocycles. The fourth-order valence-electron chi connectivity index (χ4n) is 2.24. The normalized spacial score (nSPS) is 18.6. The van der Waals surface area contributed by atoms with E-state index in [2.05, 4.69) is 10.3 Å². The van der Waals surface area contributed by atoms with Gasteiger partial charge in [-0.05, 0) is 39.2 Å². The smallest absolute Gasteiger partial charge is 0.309 e. The van der Waals surface area contributed by atoms with Crippen LogP contribution in [0.25, 0.3) is 0 Å². The van der Waals surface area contributed by atoms with Gasteiger partial charge in [-0.15, -0.1) is 0 Å². The van der Waals surface area contributed by atoms with Crippen LogP contribution in [0, 0.1) is 11.7 Å². The molecule has 1 heterocycles. The summed E-state index contributed by atoms with van der Waals surface area (Å²) in [4.78, 5) is 42.9. The number of nitrogens with one attached hydrogen (secondary N) is 1. The second-order valence-electron chi connectivity index (χ2n) is 5.61. The van der Waals surface area contributed by atoms with Gasteiger partial charge in [-0.1, -0.05) is 12.1 Å². The van der Waals surface area contributed by atoms with Crippen LogP contribution in [0.2, 0.25) is 0 Å². The maximum Gasteiger partial charge on any atom is 0.335 e. The number of benzene rings is 1. The quantitative estimate of drug-likeness (QED) is 0.479. The van der Waals surface area contributed by atoms with Crippen LogP contribution < -0.4 is 10.2 Å². The van der Waals surface area contributed by atoms with E-state index in [9.17, 15) is 18.8 Å². The number of carbonyl (C=O) groups is 3. The summed E-state index contributed by atoms with van der Waals surface area (Å²) in [5.41, 5.74) is -0.196. The number of hydrogen-bond acceptors (Lipinski definition) is 5. The van der Waals surface area contributed by atoms with Crippen molar-refractivity contribution in [3.63, 3.8) is 0 Å². The molecule has 7 nitrogen and oxygen atoms in total. The molecule has 8 heteroatoms. The molecule has 0 bridgehead atoms. The second-order valence-corrected chi connectivity index (χ2v) is 5.61. The number of nitrogens with zero attached hydrogens (tertiary/aromatic N) is 3. The zero-order chi connectivity index (χ0) is 17.7. The van der Waals surface area contributed by atoms with Gasteiger partial charge in [-0.2, -0.15) is 0 Å². The molecular weight excluding hydrogens is 315 g/mol. The van der Waals surface area contributed by atoms with Crippen LogP contribution in [0.3, 0.4) is 0 Å². The molecule has 1 fully saturated rings. The standard InChI is InChI=1S/C16H19FN4O3/c1-20(2)9-5-8-18-10-11-14(22)19-16(24)21(15(11)23)13-7-4-3-6-12(13)17/h3-4,6-7,10-11H,5,8-9H2,1-2H3,(H,19,22,24). The number of aliphatic imine (C=N–C) groups is 1. The molecule has 1 atom stereocenters. The minimum atomic E-state index is -1.25. The minimum absolute atomic E-state index is 0.196. The third-order valence-electron chi connectivity index (χ3n) is 3.44. The van der Waals surface area contributed by atoms with Crippen LogP contribution in [0.5, 0.6) is 0 Å². The summed E-state index contributed by atoms with van der Waals surface area (Å²) in [5, 5.41) is 2.06. The van der Waals surface area contributed by atoms with Gasteiger partial charge >= 0.3 is 6.03 Å². The van der Waals surface area contributed by atoms with Crippen molar-refractivity contribution in [3.8, 4) is 0 Å². The topological polar surface area (TPSA) is 82.1 Å². The van der Waals surface area contributed by atoms with Crippen molar-refractivity contribution >= 4 is 29.7 Å². The van der Waals surface area contributed by atoms with Crippen molar-refractivity contribution in [3.05, 3.63) is 30.1 Å². The number of amides is 4. The molecular formula is C16H19FN4O3. The van der Waals surface area contributed by atoms with Gasteiger partial charge in [0.1, 0.15) is 5.82 Å². The lowest BCUT2D eigenvalue weighted by molar-refractivity contribution is -0.131. The molecule has 2 rings (SSSR count). The van der Waals surface area contributed by atoms with E-state index in [1.807, 2.05) is 19.0 Å². The highest BCUT2D eigenvalue weighted by Gasteiger charge is 2.41. The monoisotopic (exact) mass is 334 g/mol. The van der Waals surface area contributed by atoms with E-state index in [-0.39, 0.29) is 5.69 Å². The first kappa shape index (κ1) is 17.7. The number of imide groups is 2. The molecule has 0 spiro atoms. The molecule has 1 aromatic rings. The van der Waals surface area contributed by atoms with Gasteiger partial charge in [0.25, 0.3) is 5.91 Å². The summed E-state index contributed by atoms with van der Waals surface area (Å²) >= 11 is 0. The Morgan fingerprint density at radius 1 is 1.29 bits per heavy atom. The van der Waals surface area contributed by atoms with E-state index in [0.29, 0.717) is 11.4 Å². The van der Waals surface area contributed by atoms with Crippen LogP contribution in [0.15, 0.2) is 29.3 Å². The predicted molar refractivity (Wildman–Crippen MR) is 87.4 cm³/mol. The number of hydrogen-bond donors (Lipinski definition) is 1. The molecule has 0 aliphatic carbocycles. The Morgan fingerprint density at radius 2 is 2.00 bits per heavy atom. The largest absolute Gasteiger partial charge is 0.335 e. The molecule has 24 heavy (non-hydrogen) atoms. The van der Waals surface area contributed by atoms with E-state index in [1.54, 1.807) is 0 Å². The fraction of sp³-hybridized carbons (Fsp3) is 0.375. The lowest BCUT2D eigenvalue weighted by Gasteiger charge is -2.28. The Hall–Kier alpha value is -2.61. The summed E-state index contributed by atoms with van der Waals surface area (Å²) in [6.45, 7) is 1.27. The second kappa shape index (κ2) is 7.78. The van der Waals surface area contributed by atoms with E-state index >= 15 is 0 Å². The first-order chi connectivity index (χ1) is 11.4. The summed E-state index contributed by atoms with van der Waals surface area (Å²) < 4.78 is 13.9. The highest BCUT2D eigenvalue weighted by atomic mass is 19.1. The number of para-hydroxylation sites is 1. The van der Waals surface area contributed by atoms with Crippen LogP contribution in [-0.2, 0) is 9.59 Å². The number of anilines is 1. The summed E-state index contributed by atoms with van der Waals surface area (Å²) in [5.74, 6) is -3.54. The molecule has 1 aliphatic rings. The Labute approximate surface area is 139 Å². The molecule has 1 saturated heterocycles. The van der Waals surface area contributed by atoms with Crippen LogP contribution in [-0.4, -0.2) is 56.1 Å². The third kappa shape index (κ3) is 4.02. The average Bonchev–Trinajstić information content (AvgIpc) is 2.51. The Morgan fingerprint density at radius 3 is 2.67 bits per heavy atom. The molecule has 0 aromatic heterocycles. The first-order valence-corrected chi connectivity index (χ1v) is 7.50. The third-order valence-corrected chi connectivity index (χ3v) is 3.44. The van der Waals surface area contributed by atoms with E-state index in [1.165, 1.54) is 24.4 Å². The fourth-order valence-corrected chi connectivity index (χ4v) is 2.24. The highest BCUT2D eigenvalue weighted by molar-refractivity contribution is 6.32. The van der Waals surface area contributed by atoms with Crippen LogP contribution in [0.4, 0.5) is 14.9 Å². The average molecular weight is 334 g/mol. The van der Waals surface area contributed by atoms with E-state index in [4.69, 9.17) is 0 Å².